The van der Waals surface area contributed by atoms with Gasteiger partial charge in [-0.1, -0.05) is 20.8 Å². The molecule has 0 aromatic carbocycles. The summed E-state index contributed by atoms with van der Waals surface area (Å²) in [4.78, 5) is 9.29. The number of thioether (sulfide) groups is 2. The number of rotatable bonds is 2. The van der Waals surface area contributed by atoms with Gasteiger partial charge in [0.25, 0.3) is 0 Å². The number of hydrogen-bond donors (Lipinski definition) is 1. The van der Waals surface area contributed by atoms with Crippen molar-refractivity contribution in [2.24, 2.45) is 0 Å². The monoisotopic (exact) mass is 395 g/mol. The van der Waals surface area contributed by atoms with Crippen molar-refractivity contribution in [3.05, 3.63) is 15.1 Å². The molecule has 1 saturated heterocycles. The van der Waals surface area contributed by atoms with Crippen LogP contribution in [-0.4, -0.2) is 26.7 Å². The highest BCUT2D eigenvalue weighted by Crippen LogP contribution is 2.41. The first kappa shape index (κ1) is 14.7. The van der Waals surface area contributed by atoms with Crippen molar-refractivity contribution in [2.75, 3.05) is 17.2 Å². The quantitative estimate of drug-likeness (QED) is 0.774. The summed E-state index contributed by atoms with van der Waals surface area (Å²) in [6.07, 6.45) is 0. The highest BCUT2D eigenvalue weighted by molar-refractivity contribution is 14.1. The van der Waals surface area contributed by atoms with E-state index in [1.54, 1.807) is 0 Å². The number of nitrogen functional groups attached to an aromatic ring is 1. The van der Waals surface area contributed by atoms with E-state index >= 15 is 0 Å². The summed E-state index contributed by atoms with van der Waals surface area (Å²) in [5.74, 6) is 4.33. The highest BCUT2D eigenvalue weighted by Gasteiger charge is 2.28. The summed E-state index contributed by atoms with van der Waals surface area (Å²) in [5, 5.41) is 0.934. The van der Waals surface area contributed by atoms with Crippen molar-refractivity contribution in [3.8, 4) is 0 Å². The largest absolute Gasteiger partial charge is 0.383 e. The molecule has 0 aliphatic carbocycles. The second-order valence-corrected chi connectivity index (χ2v) is 8.50. The molecule has 1 fully saturated rings. The van der Waals surface area contributed by atoms with Crippen LogP contribution in [0.2, 0.25) is 0 Å². The maximum atomic E-state index is 6.04. The fraction of sp³-hybridized carbons (Fsp3) is 0.667. The molecule has 0 radical (unpaired) electrons. The number of nitrogens with two attached hydrogens (primary N) is 1. The summed E-state index contributed by atoms with van der Waals surface area (Å²) < 4.78 is 1.01. The van der Waals surface area contributed by atoms with Crippen LogP contribution in [0.5, 0.6) is 0 Å². The standard InChI is InChI=1S/C12H18IN3S2/c1-6(2)9-8(13)11(14)16-12(15-9)10-7(3)17-4-5-18-10/h6-7,10H,4-5H2,1-3H3,(H2,14,15,16). The van der Waals surface area contributed by atoms with Crippen LogP contribution in [0.4, 0.5) is 5.82 Å². The maximum absolute atomic E-state index is 6.04. The van der Waals surface area contributed by atoms with Crippen LogP contribution >= 0.6 is 46.1 Å². The van der Waals surface area contributed by atoms with Crippen molar-refractivity contribution in [1.29, 1.82) is 0 Å². The van der Waals surface area contributed by atoms with E-state index in [4.69, 9.17) is 10.7 Å². The molecule has 0 saturated carbocycles. The zero-order chi connectivity index (χ0) is 13.3. The van der Waals surface area contributed by atoms with Crippen molar-refractivity contribution in [1.82, 2.24) is 9.97 Å². The zero-order valence-corrected chi connectivity index (χ0v) is 14.6. The third-order valence-corrected chi connectivity index (χ3v) is 7.10. The Morgan fingerprint density at radius 3 is 2.56 bits per heavy atom. The smallest absolute Gasteiger partial charge is 0.145 e. The second kappa shape index (κ2) is 6.17. The Bertz CT molecular complexity index is 440. The second-order valence-electron chi connectivity index (χ2n) is 4.69. The molecule has 2 unspecified atom stereocenters. The normalized spacial score (nSPS) is 24.5. The number of halogens is 1. The molecule has 2 heterocycles. The minimum Gasteiger partial charge on any atom is -0.383 e. The fourth-order valence-electron chi connectivity index (χ4n) is 1.93. The molecular formula is C12H18IN3S2. The molecule has 3 nitrogen and oxygen atoms in total. The molecule has 0 bridgehead atoms. The van der Waals surface area contributed by atoms with Gasteiger partial charge in [0.15, 0.2) is 0 Å². The van der Waals surface area contributed by atoms with Crippen molar-refractivity contribution in [3.63, 3.8) is 0 Å². The van der Waals surface area contributed by atoms with E-state index in [9.17, 15) is 0 Å². The maximum Gasteiger partial charge on any atom is 0.145 e. The molecule has 1 aromatic rings. The Labute approximate surface area is 131 Å². The Hall–Kier alpha value is 0.310. The predicted octanol–water partition coefficient (Wildman–Crippen LogP) is 3.70. The Morgan fingerprint density at radius 1 is 1.28 bits per heavy atom. The molecule has 2 atom stereocenters. The van der Waals surface area contributed by atoms with E-state index in [1.165, 1.54) is 11.5 Å². The Kier molecular flexibility index (Phi) is 5.05. The van der Waals surface area contributed by atoms with E-state index < -0.39 is 0 Å². The average molecular weight is 395 g/mol. The van der Waals surface area contributed by atoms with Gasteiger partial charge in [0.1, 0.15) is 11.6 Å². The van der Waals surface area contributed by atoms with Crippen LogP contribution in [0.25, 0.3) is 0 Å². The summed E-state index contributed by atoms with van der Waals surface area (Å²) >= 11 is 6.21. The number of aromatic nitrogens is 2. The van der Waals surface area contributed by atoms with Crippen LogP contribution in [-0.2, 0) is 0 Å². The molecule has 1 aromatic heterocycles. The molecule has 1 aliphatic rings. The van der Waals surface area contributed by atoms with Gasteiger partial charge in [-0.25, -0.2) is 9.97 Å². The average Bonchev–Trinajstić information content (AvgIpc) is 2.33. The van der Waals surface area contributed by atoms with Gasteiger partial charge in [-0.2, -0.15) is 11.8 Å². The van der Waals surface area contributed by atoms with Crippen molar-refractivity contribution >= 4 is 51.9 Å². The van der Waals surface area contributed by atoms with E-state index in [0.29, 0.717) is 22.2 Å². The molecule has 18 heavy (non-hydrogen) atoms. The van der Waals surface area contributed by atoms with Crippen LogP contribution in [0, 0.1) is 3.57 Å². The SMILES string of the molecule is CC(C)c1nc(C2SCCSC2C)nc(N)c1I. The van der Waals surface area contributed by atoms with Crippen LogP contribution in [0.15, 0.2) is 0 Å². The van der Waals surface area contributed by atoms with Gasteiger partial charge in [-0.3, -0.25) is 0 Å². The van der Waals surface area contributed by atoms with Gasteiger partial charge >= 0.3 is 0 Å². The highest BCUT2D eigenvalue weighted by atomic mass is 127. The molecule has 6 heteroatoms. The van der Waals surface area contributed by atoms with Gasteiger partial charge in [0.05, 0.1) is 14.5 Å². The molecule has 0 amide bonds. The summed E-state index contributed by atoms with van der Waals surface area (Å²) in [6.45, 7) is 6.56. The van der Waals surface area contributed by atoms with E-state index in [-0.39, 0.29) is 0 Å². The van der Waals surface area contributed by atoms with Crippen LogP contribution < -0.4 is 5.73 Å². The predicted molar refractivity (Wildman–Crippen MR) is 90.4 cm³/mol. The van der Waals surface area contributed by atoms with Gasteiger partial charge in [0.2, 0.25) is 0 Å². The third-order valence-electron chi connectivity index (χ3n) is 2.91. The van der Waals surface area contributed by atoms with Gasteiger partial charge in [-0.15, -0.1) is 11.8 Å². The fourth-order valence-corrected chi connectivity index (χ4v) is 5.48. The zero-order valence-electron chi connectivity index (χ0n) is 10.8. The minimum absolute atomic E-state index is 0.376. The number of hydrogen-bond acceptors (Lipinski definition) is 5. The van der Waals surface area contributed by atoms with Gasteiger partial charge < -0.3 is 5.73 Å². The summed E-state index contributed by atoms with van der Waals surface area (Å²) in [7, 11) is 0. The first-order chi connectivity index (χ1) is 8.50. The molecular weight excluding hydrogens is 377 g/mol. The Morgan fingerprint density at radius 2 is 1.94 bits per heavy atom. The Balaban J connectivity index is 2.38. The number of nitrogens with zero attached hydrogens (tertiary/aromatic N) is 2. The lowest BCUT2D eigenvalue weighted by molar-refractivity contribution is 0.755. The summed E-state index contributed by atoms with van der Waals surface area (Å²) in [5.41, 5.74) is 7.12. The molecule has 2 N–H and O–H groups in total. The van der Waals surface area contributed by atoms with Crippen molar-refractivity contribution < 1.29 is 0 Å². The lowest BCUT2D eigenvalue weighted by Gasteiger charge is -2.27. The summed E-state index contributed by atoms with van der Waals surface area (Å²) in [6, 6.07) is 0. The molecule has 1 aliphatic heterocycles. The van der Waals surface area contributed by atoms with Gasteiger partial charge in [-0.05, 0) is 28.5 Å². The van der Waals surface area contributed by atoms with E-state index in [1.807, 2.05) is 23.5 Å². The lowest BCUT2D eigenvalue weighted by Crippen LogP contribution is -2.20. The lowest BCUT2D eigenvalue weighted by atomic mass is 10.1. The first-order valence-electron chi connectivity index (χ1n) is 6.06. The molecule has 100 valence electrons. The topological polar surface area (TPSA) is 51.8 Å². The molecule has 2 rings (SSSR count). The van der Waals surface area contributed by atoms with Crippen LogP contribution in [0.3, 0.4) is 0 Å². The third kappa shape index (κ3) is 3.07. The van der Waals surface area contributed by atoms with Crippen LogP contribution in [0.1, 0.15) is 43.5 Å². The van der Waals surface area contributed by atoms with Gasteiger partial charge in [0, 0.05) is 16.8 Å². The first-order valence-corrected chi connectivity index (χ1v) is 9.24. The van der Waals surface area contributed by atoms with E-state index in [2.05, 4.69) is 48.3 Å². The molecule has 0 spiro atoms. The minimum atomic E-state index is 0.376. The number of anilines is 1. The van der Waals surface area contributed by atoms with Crippen molar-refractivity contribution in [2.45, 2.75) is 37.2 Å². The van der Waals surface area contributed by atoms with E-state index in [0.717, 1.165) is 15.1 Å².